The molecule has 0 aliphatic heterocycles. The zero-order valence-corrected chi connectivity index (χ0v) is 11.8. The Labute approximate surface area is 124 Å². The highest BCUT2D eigenvalue weighted by atomic mass is 32.2. The molecule has 3 aromatic rings. The molecule has 0 radical (unpaired) electrons. The van der Waals surface area contributed by atoms with Gasteiger partial charge in [0.15, 0.2) is 5.82 Å². The smallest absolute Gasteiger partial charge is 0.216 e. The molecule has 7 nitrogen and oxygen atoms in total. The number of hydrogen-bond donors (Lipinski definition) is 1. The molecule has 8 heteroatoms. The van der Waals surface area contributed by atoms with E-state index < -0.39 is 0 Å². The summed E-state index contributed by atoms with van der Waals surface area (Å²) in [7, 11) is 0. The SMILES string of the molecule is Cc1occc1-c1nnc(Sc2cccc(C#N)n2)n1N. The molecule has 3 rings (SSSR count). The third-order valence-corrected chi connectivity index (χ3v) is 3.70. The van der Waals surface area contributed by atoms with Crippen LogP contribution in [-0.4, -0.2) is 19.9 Å². The molecule has 2 N–H and O–H groups in total. The van der Waals surface area contributed by atoms with Gasteiger partial charge in [0, 0.05) is 0 Å². The predicted octanol–water partition coefficient (Wildman–Crippen LogP) is 1.98. The Balaban J connectivity index is 1.93. The molecule has 3 heterocycles. The molecule has 0 aliphatic carbocycles. The number of nitrogens with zero attached hydrogens (tertiary/aromatic N) is 5. The average Bonchev–Trinajstić information content (AvgIpc) is 3.06. The lowest BCUT2D eigenvalue weighted by atomic mass is 10.2. The Morgan fingerprint density at radius 3 is 2.90 bits per heavy atom. The van der Waals surface area contributed by atoms with Crippen molar-refractivity contribution in [3.63, 3.8) is 0 Å². The second-order valence-electron chi connectivity index (χ2n) is 4.14. The Kier molecular flexibility index (Phi) is 3.33. The third-order valence-electron chi connectivity index (χ3n) is 2.80. The molecule has 0 spiro atoms. The minimum atomic E-state index is 0.342. The lowest BCUT2D eigenvalue weighted by Crippen LogP contribution is -2.11. The Hall–Kier alpha value is -2.79. The number of nitriles is 1. The zero-order chi connectivity index (χ0) is 14.8. The Morgan fingerprint density at radius 2 is 2.19 bits per heavy atom. The van der Waals surface area contributed by atoms with Gasteiger partial charge in [-0.1, -0.05) is 6.07 Å². The van der Waals surface area contributed by atoms with Crippen molar-refractivity contribution in [3.05, 3.63) is 42.0 Å². The lowest BCUT2D eigenvalue weighted by molar-refractivity contribution is 0.535. The average molecular weight is 298 g/mol. The maximum absolute atomic E-state index is 8.85. The monoisotopic (exact) mass is 298 g/mol. The second kappa shape index (κ2) is 5.30. The van der Waals surface area contributed by atoms with Crippen LogP contribution >= 0.6 is 11.8 Å². The van der Waals surface area contributed by atoms with E-state index in [0.717, 1.165) is 11.3 Å². The molecule has 3 aromatic heterocycles. The fourth-order valence-electron chi connectivity index (χ4n) is 1.77. The summed E-state index contributed by atoms with van der Waals surface area (Å²) in [5.41, 5.74) is 1.13. The minimum Gasteiger partial charge on any atom is -0.469 e. The van der Waals surface area contributed by atoms with Gasteiger partial charge in [-0.3, -0.25) is 0 Å². The van der Waals surface area contributed by atoms with Crippen molar-refractivity contribution in [1.29, 1.82) is 5.26 Å². The standard InChI is InChI=1S/C13H10N6OS/c1-8-10(5-6-20-8)12-17-18-13(19(12)15)21-11-4-2-3-9(7-14)16-11/h2-6H,15H2,1H3. The maximum atomic E-state index is 8.85. The van der Waals surface area contributed by atoms with Crippen LogP contribution in [0.15, 0.2) is 45.1 Å². The van der Waals surface area contributed by atoms with Crippen LogP contribution in [0, 0.1) is 18.3 Å². The first-order valence-electron chi connectivity index (χ1n) is 5.99. The molecule has 0 fully saturated rings. The molecule has 0 bridgehead atoms. The normalized spacial score (nSPS) is 10.5. The number of hydrogen-bond acceptors (Lipinski definition) is 7. The van der Waals surface area contributed by atoms with E-state index in [-0.39, 0.29) is 0 Å². The van der Waals surface area contributed by atoms with Gasteiger partial charge in [0.25, 0.3) is 0 Å². The molecule has 0 aromatic carbocycles. The van der Waals surface area contributed by atoms with Gasteiger partial charge in [-0.25, -0.2) is 9.66 Å². The molecule has 0 atom stereocenters. The third kappa shape index (κ3) is 2.46. The minimum absolute atomic E-state index is 0.342. The van der Waals surface area contributed by atoms with E-state index >= 15 is 0 Å². The molecule has 0 saturated carbocycles. The topological polar surface area (TPSA) is 107 Å². The molecule has 0 aliphatic rings. The molecule has 0 saturated heterocycles. The first-order valence-corrected chi connectivity index (χ1v) is 6.80. The van der Waals surface area contributed by atoms with Crippen LogP contribution in [0.1, 0.15) is 11.5 Å². The molecule has 104 valence electrons. The summed E-state index contributed by atoms with van der Waals surface area (Å²) in [5.74, 6) is 7.25. The van der Waals surface area contributed by atoms with Crippen molar-refractivity contribution >= 4 is 11.8 Å². The highest BCUT2D eigenvalue weighted by Crippen LogP contribution is 2.28. The van der Waals surface area contributed by atoms with Gasteiger partial charge < -0.3 is 10.3 Å². The van der Waals surface area contributed by atoms with Crippen LogP contribution in [0.25, 0.3) is 11.4 Å². The maximum Gasteiger partial charge on any atom is 0.216 e. The number of aromatic nitrogens is 4. The number of rotatable bonds is 3. The summed E-state index contributed by atoms with van der Waals surface area (Å²) >= 11 is 1.24. The van der Waals surface area contributed by atoms with Crippen molar-refractivity contribution in [2.75, 3.05) is 5.84 Å². The van der Waals surface area contributed by atoms with Crippen molar-refractivity contribution in [3.8, 4) is 17.5 Å². The van der Waals surface area contributed by atoms with Crippen LogP contribution in [0.3, 0.4) is 0 Å². The number of nitrogen functional groups attached to an aromatic ring is 1. The van der Waals surface area contributed by atoms with Crippen LogP contribution in [0.5, 0.6) is 0 Å². The van der Waals surface area contributed by atoms with E-state index in [9.17, 15) is 0 Å². The van der Waals surface area contributed by atoms with E-state index in [2.05, 4.69) is 15.2 Å². The van der Waals surface area contributed by atoms with E-state index in [1.807, 2.05) is 13.0 Å². The highest BCUT2D eigenvalue weighted by Gasteiger charge is 2.16. The Morgan fingerprint density at radius 1 is 1.33 bits per heavy atom. The number of pyridine rings is 1. The molecule has 0 unspecified atom stereocenters. The lowest BCUT2D eigenvalue weighted by Gasteiger charge is -2.02. The molecule has 0 amide bonds. The van der Waals surface area contributed by atoms with Crippen LogP contribution < -0.4 is 5.84 Å². The van der Waals surface area contributed by atoms with Crippen molar-refractivity contribution < 1.29 is 4.42 Å². The molecule has 21 heavy (non-hydrogen) atoms. The fraction of sp³-hybridized carbons (Fsp3) is 0.0769. The summed E-state index contributed by atoms with van der Waals surface area (Å²) in [5, 5.41) is 18.1. The van der Waals surface area contributed by atoms with Gasteiger partial charge in [-0.05, 0) is 36.9 Å². The quantitative estimate of drug-likeness (QED) is 0.737. The highest BCUT2D eigenvalue weighted by molar-refractivity contribution is 7.99. The van der Waals surface area contributed by atoms with Gasteiger partial charge in [0.2, 0.25) is 5.16 Å². The predicted molar refractivity (Wildman–Crippen MR) is 75.7 cm³/mol. The van der Waals surface area contributed by atoms with Crippen molar-refractivity contribution in [2.24, 2.45) is 0 Å². The molecular formula is C13H10N6OS. The van der Waals surface area contributed by atoms with E-state index in [1.165, 1.54) is 16.4 Å². The van der Waals surface area contributed by atoms with Crippen molar-refractivity contribution in [2.45, 2.75) is 17.1 Å². The van der Waals surface area contributed by atoms with Crippen LogP contribution in [-0.2, 0) is 0 Å². The van der Waals surface area contributed by atoms with Gasteiger partial charge in [0.1, 0.15) is 22.5 Å². The summed E-state index contributed by atoms with van der Waals surface area (Å²) in [6.45, 7) is 1.83. The summed E-state index contributed by atoms with van der Waals surface area (Å²) in [6, 6.07) is 8.95. The van der Waals surface area contributed by atoms with Gasteiger partial charge in [0.05, 0.1) is 11.8 Å². The first kappa shape index (κ1) is 13.2. The number of nitrogens with two attached hydrogens (primary N) is 1. The first-order chi connectivity index (χ1) is 10.2. The Bertz CT molecular complexity index is 831. The van der Waals surface area contributed by atoms with E-state index in [0.29, 0.717) is 21.7 Å². The van der Waals surface area contributed by atoms with E-state index in [4.69, 9.17) is 15.5 Å². The van der Waals surface area contributed by atoms with Crippen LogP contribution in [0.2, 0.25) is 0 Å². The second-order valence-corrected chi connectivity index (χ2v) is 5.13. The zero-order valence-electron chi connectivity index (χ0n) is 11.0. The van der Waals surface area contributed by atoms with Gasteiger partial charge >= 0.3 is 0 Å². The fourth-order valence-corrected chi connectivity index (χ4v) is 2.52. The van der Waals surface area contributed by atoms with Gasteiger partial charge in [-0.2, -0.15) is 5.26 Å². The van der Waals surface area contributed by atoms with Crippen LogP contribution in [0.4, 0.5) is 0 Å². The molecular weight excluding hydrogens is 288 g/mol. The summed E-state index contributed by atoms with van der Waals surface area (Å²) in [4.78, 5) is 4.16. The number of aryl methyl sites for hydroxylation is 1. The van der Waals surface area contributed by atoms with Gasteiger partial charge in [-0.15, -0.1) is 10.2 Å². The van der Waals surface area contributed by atoms with Crippen molar-refractivity contribution in [1.82, 2.24) is 19.9 Å². The van der Waals surface area contributed by atoms with E-state index in [1.54, 1.807) is 30.5 Å². The number of furan rings is 1. The summed E-state index contributed by atoms with van der Waals surface area (Å²) in [6.07, 6.45) is 1.57. The summed E-state index contributed by atoms with van der Waals surface area (Å²) < 4.78 is 6.62. The largest absolute Gasteiger partial charge is 0.469 e.